The predicted octanol–water partition coefficient (Wildman–Crippen LogP) is 4.85. The summed E-state index contributed by atoms with van der Waals surface area (Å²) >= 11 is 0. The zero-order valence-electron chi connectivity index (χ0n) is 16.7. The number of hydrogen-bond acceptors (Lipinski definition) is 5. The number of hydrogen-bond donors (Lipinski definition) is 1. The van der Waals surface area contributed by atoms with Crippen LogP contribution in [0.4, 0.5) is 15.8 Å². The van der Waals surface area contributed by atoms with Crippen molar-refractivity contribution in [2.24, 2.45) is 0 Å². The number of benzene rings is 1. The zero-order chi connectivity index (χ0) is 21.1. The molecular formula is C23H21FN4O2. The molecule has 3 aromatic heterocycles. The molecule has 1 N–H and O–H groups in total. The van der Waals surface area contributed by atoms with Crippen LogP contribution in [-0.2, 0) is 11.3 Å². The van der Waals surface area contributed by atoms with E-state index in [0.717, 1.165) is 16.6 Å². The number of carbonyl (C=O) groups excluding carboxylic acids is 1. The van der Waals surface area contributed by atoms with Gasteiger partial charge in [0.2, 0.25) is 0 Å². The number of nitrogens with zero attached hydrogens (tertiary/aromatic N) is 3. The van der Waals surface area contributed by atoms with Crippen molar-refractivity contribution in [3.8, 4) is 0 Å². The predicted molar refractivity (Wildman–Crippen MR) is 113 cm³/mol. The standard InChI is InChI=1S/C23H21FN4O2/c1-3-30-23(29)22-21(27-19-7-6-15(2)11-18(19)24)17-13-26-10-8-20(17)28(22)14-16-5-4-9-25-12-16/h4-13,27H,3,14H2,1-2H3. The lowest BCUT2D eigenvalue weighted by Gasteiger charge is -2.13. The first-order chi connectivity index (χ1) is 14.6. The quantitative estimate of drug-likeness (QED) is 0.466. The number of rotatable bonds is 6. The van der Waals surface area contributed by atoms with Crippen molar-refractivity contribution < 1.29 is 13.9 Å². The lowest BCUT2D eigenvalue weighted by Crippen LogP contribution is -2.15. The highest BCUT2D eigenvalue weighted by molar-refractivity contribution is 6.07. The molecule has 0 atom stereocenters. The number of carbonyl (C=O) groups is 1. The molecule has 0 aliphatic carbocycles. The molecule has 0 aliphatic rings. The van der Waals surface area contributed by atoms with Crippen molar-refractivity contribution in [1.29, 1.82) is 0 Å². The average molecular weight is 404 g/mol. The van der Waals surface area contributed by atoms with Gasteiger partial charge in [0.05, 0.1) is 23.5 Å². The maximum Gasteiger partial charge on any atom is 0.357 e. The van der Waals surface area contributed by atoms with Gasteiger partial charge in [0.15, 0.2) is 5.69 Å². The van der Waals surface area contributed by atoms with Crippen LogP contribution in [0.1, 0.15) is 28.5 Å². The Bertz CT molecular complexity index is 1200. The summed E-state index contributed by atoms with van der Waals surface area (Å²) in [7, 11) is 0. The topological polar surface area (TPSA) is 69.0 Å². The van der Waals surface area contributed by atoms with E-state index in [2.05, 4.69) is 15.3 Å². The molecule has 0 unspecified atom stereocenters. The first kappa shape index (κ1) is 19.6. The molecule has 0 saturated carbocycles. The Morgan fingerprint density at radius 1 is 1.17 bits per heavy atom. The molecule has 0 bridgehead atoms. The molecule has 6 nitrogen and oxygen atoms in total. The van der Waals surface area contributed by atoms with Gasteiger partial charge in [-0.05, 0) is 49.2 Å². The number of nitrogens with one attached hydrogen (secondary N) is 1. The van der Waals surface area contributed by atoms with Crippen LogP contribution < -0.4 is 5.32 Å². The molecule has 0 amide bonds. The van der Waals surface area contributed by atoms with E-state index in [0.29, 0.717) is 23.3 Å². The van der Waals surface area contributed by atoms with Crippen LogP contribution >= 0.6 is 0 Å². The summed E-state index contributed by atoms with van der Waals surface area (Å²) in [5.41, 5.74) is 3.56. The number of aromatic nitrogens is 3. The van der Waals surface area contributed by atoms with E-state index in [4.69, 9.17) is 4.74 Å². The molecular weight excluding hydrogens is 383 g/mol. The lowest BCUT2D eigenvalue weighted by atomic mass is 10.2. The van der Waals surface area contributed by atoms with Crippen LogP contribution in [0.15, 0.2) is 61.2 Å². The Balaban J connectivity index is 1.91. The van der Waals surface area contributed by atoms with Gasteiger partial charge in [-0.3, -0.25) is 9.97 Å². The van der Waals surface area contributed by atoms with Gasteiger partial charge >= 0.3 is 5.97 Å². The molecule has 7 heteroatoms. The number of fused-ring (bicyclic) bond motifs is 1. The number of anilines is 2. The van der Waals surface area contributed by atoms with Gasteiger partial charge in [0.1, 0.15) is 5.82 Å². The van der Waals surface area contributed by atoms with E-state index in [1.165, 1.54) is 6.07 Å². The maximum atomic E-state index is 14.6. The zero-order valence-corrected chi connectivity index (χ0v) is 16.7. The number of ether oxygens (including phenoxy) is 1. The minimum Gasteiger partial charge on any atom is -0.461 e. The molecule has 0 aliphatic heterocycles. The second-order valence-electron chi connectivity index (χ2n) is 6.89. The fraction of sp³-hybridized carbons (Fsp3) is 0.174. The summed E-state index contributed by atoms with van der Waals surface area (Å²) in [6, 6.07) is 10.5. The summed E-state index contributed by atoms with van der Waals surface area (Å²) < 4.78 is 21.7. The third-order valence-electron chi connectivity index (χ3n) is 4.78. The van der Waals surface area contributed by atoms with Crippen LogP contribution in [0.25, 0.3) is 10.9 Å². The first-order valence-electron chi connectivity index (χ1n) is 9.64. The van der Waals surface area contributed by atoms with Crippen molar-refractivity contribution in [3.63, 3.8) is 0 Å². The second kappa shape index (κ2) is 8.32. The van der Waals surface area contributed by atoms with Crippen molar-refractivity contribution in [2.75, 3.05) is 11.9 Å². The highest BCUT2D eigenvalue weighted by atomic mass is 19.1. The minimum atomic E-state index is -0.493. The molecule has 3 heterocycles. The maximum absolute atomic E-state index is 14.6. The summed E-state index contributed by atoms with van der Waals surface area (Å²) in [4.78, 5) is 21.3. The van der Waals surface area contributed by atoms with Crippen molar-refractivity contribution in [2.45, 2.75) is 20.4 Å². The van der Waals surface area contributed by atoms with E-state index in [9.17, 15) is 9.18 Å². The number of pyridine rings is 2. The Labute approximate surface area is 173 Å². The number of halogens is 1. The van der Waals surface area contributed by atoms with E-state index in [-0.39, 0.29) is 12.3 Å². The average Bonchev–Trinajstić information content (AvgIpc) is 3.04. The summed E-state index contributed by atoms with van der Waals surface area (Å²) in [6.07, 6.45) is 6.76. The SMILES string of the molecule is CCOC(=O)c1c(Nc2ccc(C)cc2F)c2cnccc2n1Cc1cccnc1. The Kier molecular flexibility index (Phi) is 5.43. The lowest BCUT2D eigenvalue weighted by molar-refractivity contribution is 0.0516. The molecule has 1 aromatic carbocycles. The Morgan fingerprint density at radius 3 is 2.73 bits per heavy atom. The van der Waals surface area contributed by atoms with Gasteiger partial charge in [-0.1, -0.05) is 12.1 Å². The van der Waals surface area contributed by atoms with Crippen LogP contribution in [0.5, 0.6) is 0 Å². The molecule has 4 rings (SSSR count). The van der Waals surface area contributed by atoms with Crippen molar-refractivity contribution >= 4 is 28.2 Å². The second-order valence-corrected chi connectivity index (χ2v) is 6.89. The summed E-state index contributed by atoms with van der Waals surface area (Å²) in [5.74, 6) is -0.894. The van der Waals surface area contributed by atoms with Gasteiger partial charge in [-0.25, -0.2) is 9.18 Å². The van der Waals surface area contributed by atoms with E-state index in [1.54, 1.807) is 37.8 Å². The summed E-state index contributed by atoms with van der Waals surface area (Å²) in [5, 5.41) is 3.80. The molecule has 4 aromatic rings. The van der Waals surface area contributed by atoms with Gasteiger partial charge in [0.25, 0.3) is 0 Å². The third kappa shape index (κ3) is 3.74. The molecule has 152 valence electrons. The monoisotopic (exact) mass is 404 g/mol. The van der Waals surface area contributed by atoms with Crippen LogP contribution in [0, 0.1) is 12.7 Å². The molecule has 30 heavy (non-hydrogen) atoms. The molecule has 0 saturated heterocycles. The fourth-order valence-corrected chi connectivity index (χ4v) is 3.43. The van der Waals surface area contributed by atoms with Crippen LogP contribution in [0.3, 0.4) is 0 Å². The fourth-order valence-electron chi connectivity index (χ4n) is 3.43. The van der Waals surface area contributed by atoms with Crippen molar-refractivity contribution in [3.05, 3.63) is 83.8 Å². The van der Waals surface area contributed by atoms with Crippen LogP contribution in [-0.4, -0.2) is 27.1 Å². The largest absolute Gasteiger partial charge is 0.461 e. The van der Waals surface area contributed by atoms with Gasteiger partial charge in [-0.2, -0.15) is 0 Å². The Hall–Kier alpha value is -3.74. The number of esters is 1. The number of aryl methyl sites for hydroxylation is 1. The highest BCUT2D eigenvalue weighted by Gasteiger charge is 2.25. The molecule has 0 fully saturated rings. The van der Waals surface area contributed by atoms with Crippen molar-refractivity contribution in [1.82, 2.24) is 14.5 Å². The minimum absolute atomic E-state index is 0.226. The van der Waals surface area contributed by atoms with Gasteiger partial charge < -0.3 is 14.6 Å². The van der Waals surface area contributed by atoms with Crippen LogP contribution in [0.2, 0.25) is 0 Å². The summed E-state index contributed by atoms with van der Waals surface area (Å²) in [6.45, 7) is 4.20. The smallest absolute Gasteiger partial charge is 0.357 e. The van der Waals surface area contributed by atoms with E-state index < -0.39 is 11.8 Å². The van der Waals surface area contributed by atoms with Gasteiger partial charge in [0, 0.05) is 36.7 Å². The third-order valence-corrected chi connectivity index (χ3v) is 4.78. The molecule has 0 radical (unpaired) electrons. The van der Waals surface area contributed by atoms with Gasteiger partial charge in [-0.15, -0.1) is 0 Å². The molecule has 0 spiro atoms. The normalized spacial score (nSPS) is 10.9. The van der Waals surface area contributed by atoms with E-state index >= 15 is 0 Å². The Morgan fingerprint density at radius 2 is 2.00 bits per heavy atom. The highest BCUT2D eigenvalue weighted by Crippen LogP contribution is 2.35. The first-order valence-corrected chi connectivity index (χ1v) is 9.64. The van der Waals surface area contributed by atoms with E-state index in [1.807, 2.05) is 35.8 Å².